The average molecular weight is 1940 g/mol. The highest BCUT2D eigenvalue weighted by Crippen LogP contribution is 2.46. The quantitative estimate of drug-likeness (QED) is 0.0139. The van der Waals surface area contributed by atoms with Gasteiger partial charge in [0.15, 0.2) is 46.8 Å². The molecule has 3 atom stereocenters. The Hall–Kier alpha value is -13.9. The van der Waals surface area contributed by atoms with Crippen LogP contribution in [0.2, 0.25) is 0 Å². The first-order chi connectivity index (χ1) is 66.6. The van der Waals surface area contributed by atoms with Crippen LogP contribution in [0.15, 0.2) is 193 Å². The molecule has 6 aromatic rings. The summed E-state index contributed by atoms with van der Waals surface area (Å²) < 4.78 is 93.6. The number of nitrogens with two attached hydrogens (primary N) is 1. The molecule has 10 fully saturated rings. The number of morpholine rings is 5. The fourth-order valence-electron chi connectivity index (χ4n) is 13.9. The van der Waals surface area contributed by atoms with Crippen molar-refractivity contribution in [1.82, 2.24) is 38.9 Å². The standard InChI is InChI=1S/C25H29N3O7.C20H24N2O6.C15H16N2O4.C11H17NO4.C10H15NO4.C10H13NO4.C6H9NO2/c1-3-14-33-24(31)27-17-25(11-12-25)35-16-20(27)26-28-13-10-19(29)22(21(28)23(30)32-4-2)34-15-18-8-6-5-7-9-18;1-5-26-18(24)16-17(27-13-14-9-7-6-8-10-14)15(23)11-12-22(16)21-19(25)28-20(2,3)4;1-2-20-15(19)13-14(12(18)8-9-17(13)16)21-10-11-6-4-3-5-7-11;1-3-6-15-10(13)12-8-11(4-5-11)16-7-9(12)14-2;2*1-2-5-14-9(13)11-7-10(3-4-10)15-6-8(11)12;8-5-3-9-6(1-2-6)4-7-5/h3,5-10,13,20,26H,1,4,11-12,14-17H2,2H3;6-12H,5,13H2,1-4H3,(H,21,25);3-9H,2,10,16H2,1H3;3,9H,1,4-8H2,2H3;2,8,12H,1,3-7H2;2H,1,3-7H2;1-4H2,(H,7,8). The van der Waals surface area contributed by atoms with E-state index < -0.39 is 76.6 Å². The van der Waals surface area contributed by atoms with Crippen molar-refractivity contribution in [2.45, 2.75) is 178 Å². The van der Waals surface area contributed by atoms with Crippen LogP contribution in [0, 0.1) is 0 Å². The fourth-order valence-corrected chi connectivity index (χ4v) is 13.9. The first-order valence-electron chi connectivity index (χ1n) is 45.3. The summed E-state index contributed by atoms with van der Waals surface area (Å²) in [7, 11) is 1.56. The second-order valence-electron chi connectivity index (χ2n) is 34.2. The van der Waals surface area contributed by atoms with Crippen LogP contribution in [0.1, 0.15) is 154 Å². The number of carbonyl (C=O) groups is 10. The monoisotopic (exact) mass is 1940 g/mol. The SMILES string of the molecule is C=CCOC(=O)N1CC2(CC2)OCC1=O.C=CCOC(=O)N1CC2(CC2)OCC1Nn1ccc(=O)c(OCc2ccccc2)c1C(=O)OCC.C=CCOC(=O)N1CC2(CC2)OCC1O.C=CCOC(=O)N1CC2(CC2)OCC1OC.CCOC(=O)c1c(OCc2ccccc2)c(=O)ccn1N.CCOC(=O)c1c(OCc2ccccc2)c(=O)ccn1NC(=O)OC(C)(C)C.O=C1COC2(CC2)CN1. The van der Waals surface area contributed by atoms with Crippen molar-refractivity contribution in [3.63, 3.8) is 0 Å². The summed E-state index contributed by atoms with van der Waals surface area (Å²) in [6.45, 7) is 28.7. The van der Waals surface area contributed by atoms with Crippen LogP contribution < -0.4 is 52.5 Å². The van der Waals surface area contributed by atoms with E-state index in [1.165, 1.54) is 69.5 Å². The summed E-state index contributed by atoms with van der Waals surface area (Å²) in [5.41, 5.74) is 4.58. The van der Waals surface area contributed by atoms with Crippen LogP contribution in [0.5, 0.6) is 17.2 Å². The van der Waals surface area contributed by atoms with Gasteiger partial charge in [-0.2, -0.15) is 0 Å². The van der Waals surface area contributed by atoms with Crippen molar-refractivity contribution >= 4 is 60.2 Å². The number of esters is 3. The topological polar surface area (TPSA) is 489 Å². The fraction of sp³-hybridized carbons (Fsp3) is 0.474. The minimum absolute atomic E-state index is 0.0209. The predicted molar refractivity (Wildman–Crippen MR) is 499 cm³/mol. The van der Waals surface area contributed by atoms with Crippen LogP contribution in [0.4, 0.5) is 24.0 Å². The molecule has 5 spiro atoms. The number of aromatic nitrogens is 3. The van der Waals surface area contributed by atoms with E-state index in [4.69, 9.17) is 86.4 Å². The van der Waals surface area contributed by atoms with E-state index in [0.717, 1.165) is 102 Å². The third-order valence-corrected chi connectivity index (χ3v) is 22.2. The smallest absolute Gasteiger partial charge is 0.426 e. The first kappa shape index (κ1) is 107. The minimum Gasteiger partial charge on any atom is -0.482 e. The number of nitrogens with zero attached hydrogens (tertiary/aromatic N) is 7. The highest BCUT2D eigenvalue weighted by molar-refractivity contribution is 5.94. The normalized spacial score (nSPS) is 18.7. The number of aliphatic hydroxyl groups excluding tert-OH is 1. The lowest BCUT2D eigenvalue weighted by Gasteiger charge is -2.40. The lowest BCUT2D eigenvalue weighted by molar-refractivity contribution is -0.152. The number of amides is 7. The Morgan fingerprint density at radius 3 is 1.28 bits per heavy atom. The molecule has 3 unspecified atom stereocenters. The van der Waals surface area contributed by atoms with E-state index in [1.807, 2.05) is 91.0 Å². The van der Waals surface area contributed by atoms with Crippen molar-refractivity contribution in [3.8, 4) is 17.2 Å². The second kappa shape index (κ2) is 50.4. The number of hydrogen-bond donors (Lipinski definition) is 5. The average Bonchev–Trinajstić information content (AvgIpc) is 1.62. The lowest BCUT2D eigenvalue weighted by Crippen LogP contribution is -2.58. The van der Waals surface area contributed by atoms with Gasteiger partial charge in [-0.25, -0.2) is 53.4 Å². The highest BCUT2D eigenvalue weighted by atomic mass is 16.6. The molecule has 3 aromatic carbocycles. The highest BCUT2D eigenvalue weighted by Gasteiger charge is 2.55. The van der Waals surface area contributed by atoms with Gasteiger partial charge in [0.05, 0.1) is 93.8 Å². The maximum Gasteiger partial charge on any atom is 0.426 e. The number of rotatable bonds is 27. The Kier molecular flexibility index (Phi) is 38.9. The maximum absolute atomic E-state index is 12.9. The summed E-state index contributed by atoms with van der Waals surface area (Å²) in [4.78, 5) is 161. The zero-order valence-electron chi connectivity index (χ0n) is 79.1. The van der Waals surface area contributed by atoms with Gasteiger partial charge in [0, 0.05) is 50.4 Å². The Morgan fingerprint density at radius 1 is 0.468 bits per heavy atom. The van der Waals surface area contributed by atoms with Crippen LogP contribution in [-0.2, 0) is 95.7 Å². The zero-order valence-corrected chi connectivity index (χ0v) is 79.1. The van der Waals surface area contributed by atoms with Gasteiger partial charge in [0.2, 0.25) is 22.2 Å². The van der Waals surface area contributed by atoms with Gasteiger partial charge in [0.1, 0.15) is 71.2 Å². The molecular formula is C97H123N11O31. The predicted octanol–water partition coefficient (Wildman–Crippen LogP) is 9.07. The van der Waals surface area contributed by atoms with Gasteiger partial charge >= 0.3 is 48.4 Å². The van der Waals surface area contributed by atoms with Gasteiger partial charge in [-0.1, -0.05) is 142 Å². The number of pyridine rings is 3. The third-order valence-electron chi connectivity index (χ3n) is 22.2. The van der Waals surface area contributed by atoms with Crippen molar-refractivity contribution in [2.75, 3.05) is 136 Å². The Morgan fingerprint density at radius 2 is 0.849 bits per heavy atom. The summed E-state index contributed by atoms with van der Waals surface area (Å²) >= 11 is 0. The first-order valence-corrected chi connectivity index (χ1v) is 45.3. The number of nitrogen functional groups attached to an aromatic ring is 1. The summed E-state index contributed by atoms with van der Waals surface area (Å²) in [6, 6.07) is 31.4. The number of methoxy groups -OCH3 is 1. The van der Waals surface area contributed by atoms with E-state index in [1.54, 1.807) is 59.6 Å². The number of benzene rings is 3. The molecule has 0 radical (unpaired) electrons. The van der Waals surface area contributed by atoms with Gasteiger partial charge in [-0.15, -0.1) is 0 Å². The molecule has 10 aliphatic rings. The van der Waals surface area contributed by atoms with Gasteiger partial charge in [-0.05, 0) is 122 Å². The Labute approximate surface area is 802 Å². The number of hydrogen-bond acceptors (Lipinski definition) is 33. The summed E-state index contributed by atoms with van der Waals surface area (Å²) in [5, 5.41) is 12.3. The molecule has 3 aromatic heterocycles. The molecule has 5 saturated heterocycles. The van der Waals surface area contributed by atoms with E-state index in [2.05, 4.69) is 42.5 Å². The van der Waals surface area contributed by atoms with E-state index >= 15 is 0 Å². The van der Waals surface area contributed by atoms with Crippen molar-refractivity contribution in [3.05, 3.63) is 243 Å². The van der Waals surface area contributed by atoms with Crippen molar-refractivity contribution in [1.29, 1.82) is 0 Å². The molecule has 0 bridgehead atoms. The summed E-state index contributed by atoms with van der Waals surface area (Å²) in [6.07, 6.45) is 14.9. The molecule has 6 N–H and O–H groups in total. The largest absolute Gasteiger partial charge is 0.482 e. The number of aliphatic hydroxyl groups is 1. The molecule has 5 aliphatic carbocycles. The number of carbonyl (C=O) groups excluding carboxylic acids is 10. The lowest BCUT2D eigenvalue weighted by atomic mass is 10.2. The number of nitrogens with one attached hydrogen (secondary N) is 3. The minimum atomic E-state index is -0.895. The van der Waals surface area contributed by atoms with Crippen LogP contribution in [0.3, 0.4) is 0 Å². The molecule has 752 valence electrons. The van der Waals surface area contributed by atoms with Gasteiger partial charge in [0.25, 0.3) is 5.91 Å². The molecule has 139 heavy (non-hydrogen) atoms. The zero-order chi connectivity index (χ0) is 101. The maximum atomic E-state index is 12.9. The number of imide groups is 1. The molecular weight excluding hydrogens is 1820 g/mol. The Bertz CT molecular complexity index is 5420. The third kappa shape index (κ3) is 31.8. The molecule has 5 saturated carbocycles. The molecule has 42 nitrogen and oxygen atoms in total. The van der Waals surface area contributed by atoms with E-state index in [9.17, 15) is 67.4 Å². The van der Waals surface area contributed by atoms with Crippen LogP contribution in [0.25, 0.3) is 0 Å². The Balaban J connectivity index is 0.000000173. The molecule has 5 aliphatic heterocycles. The molecule has 8 heterocycles. The van der Waals surface area contributed by atoms with Gasteiger partial charge in [-0.3, -0.25) is 48.0 Å². The van der Waals surface area contributed by atoms with Crippen LogP contribution >= 0.6 is 0 Å². The van der Waals surface area contributed by atoms with Gasteiger partial charge < -0.3 is 102 Å². The van der Waals surface area contributed by atoms with E-state index in [0.29, 0.717) is 32.8 Å². The summed E-state index contributed by atoms with van der Waals surface area (Å²) in [5.74, 6) is 2.65. The van der Waals surface area contributed by atoms with E-state index in [-0.39, 0.29) is 179 Å². The molecule has 16 rings (SSSR count). The van der Waals surface area contributed by atoms with Crippen LogP contribution in [-0.4, -0.2) is 270 Å². The van der Waals surface area contributed by atoms with Crippen molar-refractivity contribution in [2.24, 2.45) is 0 Å². The second-order valence-corrected chi connectivity index (χ2v) is 34.2. The number of ether oxygens (including phenoxy) is 17. The van der Waals surface area contributed by atoms with Crippen molar-refractivity contribution < 1.29 is 134 Å². The molecule has 42 heteroatoms. The molecule has 7 amide bonds.